The lowest BCUT2D eigenvalue weighted by atomic mass is 10.0. The molecule has 0 radical (unpaired) electrons. The molecule has 1 aliphatic rings. The highest BCUT2D eigenvalue weighted by atomic mass is 19.4. The second-order valence-corrected chi connectivity index (χ2v) is 5.87. The molecule has 0 atom stereocenters. The van der Waals surface area contributed by atoms with Crippen LogP contribution < -0.4 is 15.5 Å². The summed E-state index contributed by atoms with van der Waals surface area (Å²) in [7, 11) is 2.98. The summed E-state index contributed by atoms with van der Waals surface area (Å²) in [6.45, 7) is 0. The van der Waals surface area contributed by atoms with Crippen LogP contribution in [-0.4, -0.2) is 30.0 Å². The van der Waals surface area contributed by atoms with Crippen LogP contribution in [0.2, 0.25) is 0 Å². The smallest absolute Gasteiger partial charge is 0.362 e. The third-order valence-electron chi connectivity index (χ3n) is 3.75. The van der Waals surface area contributed by atoms with Gasteiger partial charge in [-0.25, -0.2) is 4.98 Å². The monoisotopic (exact) mass is 351 g/mol. The number of aryl methyl sites for hydroxylation is 1. The SMILES string of the molecule is CN(C)c1nc(Nc2ccc3c(c2)CCC(=O)N3)ncc1C(F)(F)F. The maximum atomic E-state index is 13.0. The van der Waals surface area contributed by atoms with Gasteiger partial charge in [-0.1, -0.05) is 0 Å². The second kappa shape index (κ2) is 6.23. The zero-order chi connectivity index (χ0) is 18.2. The first-order chi connectivity index (χ1) is 11.7. The molecule has 6 nitrogen and oxygen atoms in total. The fourth-order valence-corrected chi connectivity index (χ4v) is 2.56. The summed E-state index contributed by atoms with van der Waals surface area (Å²) in [5.41, 5.74) is 1.43. The normalized spacial score (nSPS) is 13.9. The van der Waals surface area contributed by atoms with Crippen LogP contribution in [0.3, 0.4) is 0 Å². The average molecular weight is 351 g/mol. The summed E-state index contributed by atoms with van der Waals surface area (Å²) in [6.07, 6.45) is -2.75. The molecule has 0 saturated heterocycles. The molecule has 1 aliphatic heterocycles. The van der Waals surface area contributed by atoms with Gasteiger partial charge in [-0.2, -0.15) is 18.2 Å². The number of nitrogens with zero attached hydrogens (tertiary/aromatic N) is 3. The Labute approximate surface area is 142 Å². The van der Waals surface area contributed by atoms with E-state index in [1.807, 2.05) is 6.07 Å². The maximum absolute atomic E-state index is 13.0. The molecule has 25 heavy (non-hydrogen) atoms. The lowest BCUT2D eigenvalue weighted by Crippen LogP contribution is -2.20. The van der Waals surface area contributed by atoms with Crippen LogP contribution >= 0.6 is 0 Å². The van der Waals surface area contributed by atoms with Crippen molar-refractivity contribution < 1.29 is 18.0 Å². The number of alkyl halides is 3. The number of halogens is 3. The largest absolute Gasteiger partial charge is 0.421 e. The van der Waals surface area contributed by atoms with Crippen LogP contribution in [0.25, 0.3) is 0 Å². The molecule has 2 aromatic rings. The van der Waals surface area contributed by atoms with Crippen molar-refractivity contribution in [2.75, 3.05) is 29.6 Å². The van der Waals surface area contributed by atoms with Gasteiger partial charge in [-0.15, -0.1) is 0 Å². The number of carbonyl (C=O) groups excluding carboxylic acids is 1. The lowest BCUT2D eigenvalue weighted by molar-refractivity contribution is -0.137. The number of anilines is 4. The van der Waals surface area contributed by atoms with Crippen molar-refractivity contribution in [1.82, 2.24) is 9.97 Å². The third kappa shape index (κ3) is 3.65. The lowest BCUT2D eigenvalue weighted by Gasteiger charge is -2.19. The van der Waals surface area contributed by atoms with Crippen LogP contribution in [0.15, 0.2) is 24.4 Å². The molecular weight excluding hydrogens is 335 g/mol. The van der Waals surface area contributed by atoms with E-state index < -0.39 is 11.7 Å². The highest BCUT2D eigenvalue weighted by molar-refractivity contribution is 5.94. The van der Waals surface area contributed by atoms with Crippen molar-refractivity contribution in [1.29, 1.82) is 0 Å². The Bertz CT molecular complexity index is 820. The Balaban J connectivity index is 1.88. The molecule has 0 saturated carbocycles. The number of hydrogen-bond acceptors (Lipinski definition) is 5. The molecule has 9 heteroatoms. The van der Waals surface area contributed by atoms with Gasteiger partial charge >= 0.3 is 6.18 Å². The van der Waals surface area contributed by atoms with Crippen LogP contribution in [-0.2, 0) is 17.4 Å². The van der Waals surface area contributed by atoms with Crippen molar-refractivity contribution in [3.63, 3.8) is 0 Å². The van der Waals surface area contributed by atoms with E-state index in [-0.39, 0.29) is 17.7 Å². The fourth-order valence-electron chi connectivity index (χ4n) is 2.56. The predicted octanol–water partition coefficient (Wildman–Crippen LogP) is 3.19. The number of aromatic nitrogens is 2. The fraction of sp³-hybridized carbons (Fsp3) is 0.312. The number of carbonyl (C=O) groups is 1. The second-order valence-electron chi connectivity index (χ2n) is 5.87. The Kier molecular flexibility index (Phi) is 4.23. The first-order valence-electron chi connectivity index (χ1n) is 7.55. The van der Waals surface area contributed by atoms with E-state index in [0.29, 0.717) is 18.5 Å². The molecule has 0 bridgehead atoms. The van der Waals surface area contributed by atoms with Crippen molar-refractivity contribution >= 4 is 29.0 Å². The van der Waals surface area contributed by atoms with Crippen LogP contribution in [0.5, 0.6) is 0 Å². The van der Waals surface area contributed by atoms with Gasteiger partial charge in [0.25, 0.3) is 0 Å². The highest BCUT2D eigenvalue weighted by Gasteiger charge is 2.35. The highest BCUT2D eigenvalue weighted by Crippen LogP contribution is 2.35. The van der Waals surface area contributed by atoms with E-state index in [4.69, 9.17) is 0 Å². The molecule has 3 rings (SSSR count). The number of rotatable bonds is 3. The first-order valence-corrected chi connectivity index (χ1v) is 7.55. The summed E-state index contributed by atoms with van der Waals surface area (Å²) in [4.78, 5) is 20.4. The van der Waals surface area contributed by atoms with Crippen molar-refractivity contribution in [2.45, 2.75) is 19.0 Å². The molecular formula is C16H16F3N5O. The summed E-state index contributed by atoms with van der Waals surface area (Å²) in [6, 6.07) is 5.28. The van der Waals surface area contributed by atoms with Gasteiger partial charge in [-0.3, -0.25) is 4.79 Å². The minimum atomic E-state index is -4.53. The average Bonchev–Trinajstić information content (AvgIpc) is 2.54. The van der Waals surface area contributed by atoms with Gasteiger partial charge in [0, 0.05) is 38.1 Å². The third-order valence-corrected chi connectivity index (χ3v) is 3.75. The number of amides is 1. The molecule has 1 amide bonds. The molecule has 132 valence electrons. The van der Waals surface area contributed by atoms with Crippen molar-refractivity contribution in [3.05, 3.63) is 35.5 Å². The minimum absolute atomic E-state index is 0.0325. The zero-order valence-corrected chi connectivity index (χ0v) is 13.6. The number of hydrogen-bond donors (Lipinski definition) is 2. The van der Waals surface area contributed by atoms with Gasteiger partial charge in [0.15, 0.2) is 0 Å². The van der Waals surface area contributed by atoms with Crippen LogP contribution in [0.1, 0.15) is 17.5 Å². The van der Waals surface area contributed by atoms with Crippen LogP contribution in [0.4, 0.5) is 36.3 Å². The van der Waals surface area contributed by atoms with E-state index in [1.54, 1.807) is 12.1 Å². The van der Waals surface area contributed by atoms with Gasteiger partial charge in [0.1, 0.15) is 11.4 Å². The Morgan fingerprint density at radius 1 is 1.24 bits per heavy atom. The first kappa shape index (κ1) is 17.0. The molecule has 0 unspecified atom stereocenters. The maximum Gasteiger partial charge on any atom is 0.421 e. The summed E-state index contributed by atoms with van der Waals surface area (Å²) < 4.78 is 39.1. The van der Waals surface area contributed by atoms with E-state index in [9.17, 15) is 18.0 Å². The summed E-state index contributed by atoms with van der Waals surface area (Å²) >= 11 is 0. The molecule has 2 N–H and O–H groups in total. The zero-order valence-electron chi connectivity index (χ0n) is 13.6. The Morgan fingerprint density at radius 2 is 2.00 bits per heavy atom. The predicted molar refractivity (Wildman–Crippen MR) is 88.0 cm³/mol. The van der Waals surface area contributed by atoms with Gasteiger partial charge in [0.05, 0.1) is 0 Å². The van der Waals surface area contributed by atoms with Crippen molar-refractivity contribution in [3.8, 4) is 0 Å². The molecule has 0 spiro atoms. The molecule has 0 aliphatic carbocycles. The number of nitrogens with one attached hydrogen (secondary N) is 2. The topological polar surface area (TPSA) is 70.2 Å². The van der Waals surface area contributed by atoms with E-state index in [0.717, 1.165) is 17.4 Å². The van der Waals surface area contributed by atoms with Gasteiger partial charge in [0.2, 0.25) is 11.9 Å². The Hall–Kier alpha value is -2.84. The number of benzene rings is 1. The quantitative estimate of drug-likeness (QED) is 0.889. The van der Waals surface area contributed by atoms with Crippen molar-refractivity contribution in [2.24, 2.45) is 0 Å². The van der Waals surface area contributed by atoms with E-state index in [2.05, 4.69) is 20.6 Å². The summed E-state index contributed by atoms with van der Waals surface area (Å²) in [5.74, 6) is -0.179. The van der Waals surface area contributed by atoms with Crippen LogP contribution in [0, 0.1) is 0 Å². The van der Waals surface area contributed by atoms with Gasteiger partial charge in [-0.05, 0) is 30.2 Å². The number of fused-ring (bicyclic) bond motifs is 1. The minimum Gasteiger partial charge on any atom is -0.362 e. The molecule has 0 fully saturated rings. The van der Waals surface area contributed by atoms with Gasteiger partial charge < -0.3 is 15.5 Å². The van der Waals surface area contributed by atoms with E-state index in [1.165, 1.54) is 19.0 Å². The molecule has 2 heterocycles. The Morgan fingerprint density at radius 3 is 2.68 bits per heavy atom. The van der Waals surface area contributed by atoms with E-state index >= 15 is 0 Å². The molecule has 1 aromatic carbocycles. The standard InChI is InChI=1S/C16H16F3N5O/c1-24(2)14-11(16(17,18)19)8-20-15(23-14)21-10-4-5-12-9(7-10)3-6-13(25)22-12/h4-5,7-8H,3,6H2,1-2H3,(H,22,25)(H,20,21,23). The molecule has 1 aromatic heterocycles. The summed E-state index contributed by atoms with van der Waals surface area (Å²) in [5, 5.41) is 5.68.